The maximum Gasteiger partial charge on any atom is 0.332 e. The number of nitrogens with one attached hydrogen (secondary N) is 2. The first-order valence-electron chi connectivity index (χ1n) is 10.7. The lowest BCUT2D eigenvalue weighted by atomic mass is 10.0. The average molecular weight is 507 g/mol. The van der Waals surface area contributed by atoms with Crippen LogP contribution in [0.15, 0.2) is 48.5 Å². The minimum absolute atomic E-state index is 0.0214. The molecule has 36 heavy (non-hydrogen) atoms. The Balaban J connectivity index is 2.22. The van der Waals surface area contributed by atoms with Gasteiger partial charge in [0.25, 0.3) is 11.8 Å². The molecule has 0 saturated heterocycles. The van der Waals surface area contributed by atoms with E-state index in [1.165, 1.54) is 63.2 Å². The largest absolute Gasteiger partial charge is 0.479 e. The standard InChI is InChI=1S/C24H28F2N4O6/c1-23(2,27-17-12-8-6-10-15(17)19(31)29(4)25)22(35)36-14-24(3,21(33)34)28-18-13-9-7-11-16(18)20(32)30(5)26/h6-13,27-28H,14H2,1-5H3,(H,33,34). The number of hydrogen-bond donors (Lipinski definition) is 3. The molecule has 2 aromatic rings. The van der Waals surface area contributed by atoms with Crippen molar-refractivity contribution in [3.8, 4) is 0 Å². The molecule has 194 valence electrons. The average Bonchev–Trinajstić information content (AvgIpc) is 2.81. The highest BCUT2D eigenvalue weighted by Gasteiger charge is 2.39. The van der Waals surface area contributed by atoms with E-state index < -0.39 is 41.4 Å². The summed E-state index contributed by atoms with van der Waals surface area (Å²) in [6.45, 7) is 3.43. The second-order valence-electron chi connectivity index (χ2n) is 8.74. The first-order valence-corrected chi connectivity index (χ1v) is 10.7. The molecule has 0 aliphatic carbocycles. The Morgan fingerprint density at radius 1 is 0.833 bits per heavy atom. The van der Waals surface area contributed by atoms with Crippen LogP contribution in [0.4, 0.5) is 20.3 Å². The maximum atomic E-state index is 13.5. The van der Waals surface area contributed by atoms with Gasteiger partial charge in [-0.3, -0.25) is 9.59 Å². The number of rotatable bonds is 10. The highest BCUT2D eigenvalue weighted by molar-refractivity contribution is 6.00. The van der Waals surface area contributed by atoms with E-state index in [4.69, 9.17) is 4.74 Å². The van der Waals surface area contributed by atoms with Gasteiger partial charge in [0.2, 0.25) is 0 Å². The van der Waals surface area contributed by atoms with Crippen LogP contribution in [-0.4, -0.2) is 70.9 Å². The predicted octanol–water partition coefficient (Wildman–Crippen LogP) is 3.29. The van der Waals surface area contributed by atoms with Gasteiger partial charge in [0.05, 0.1) is 11.1 Å². The molecule has 0 radical (unpaired) electrons. The second kappa shape index (κ2) is 11.0. The van der Waals surface area contributed by atoms with Crippen molar-refractivity contribution in [3.63, 3.8) is 0 Å². The Labute approximate surface area is 206 Å². The van der Waals surface area contributed by atoms with Crippen LogP contribution in [0.2, 0.25) is 0 Å². The van der Waals surface area contributed by atoms with Crippen LogP contribution < -0.4 is 10.6 Å². The van der Waals surface area contributed by atoms with Gasteiger partial charge in [0.15, 0.2) is 5.54 Å². The molecule has 0 aromatic heterocycles. The number of benzene rings is 2. The Hall–Kier alpha value is -4.22. The lowest BCUT2D eigenvalue weighted by Crippen LogP contribution is -2.51. The number of ether oxygens (including phenoxy) is 1. The van der Waals surface area contributed by atoms with Gasteiger partial charge < -0.3 is 20.5 Å². The van der Waals surface area contributed by atoms with Crippen molar-refractivity contribution < 1.29 is 38.0 Å². The summed E-state index contributed by atoms with van der Waals surface area (Å²) in [4.78, 5) is 49.2. The van der Waals surface area contributed by atoms with Gasteiger partial charge in [-0.15, -0.1) is 0 Å². The second-order valence-corrected chi connectivity index (χ2v) is 8.74. The van der Waals surface area contributed by atoms with Gasteiger partial charge in [-0.05, 0) is 45.0 Å². The zero-order chi connectivity index (χ0) is 27.3. The smallest absolute Gasteiger partial charge is 0.332 e. The fourth-order valence-corrected chi connectivity index (χ4v) is 3.12. The van der Waals surface area contributed by atoms with Crippen molar-refractivity contribution in [1.29, 1.82) is 0 Å². The number of amides is 2. The molecule has 1 unspecified atom stereocenters. The van der Waals surface area contributed by atoms with Gasteiger partial charge in [-0.25, -0.2) is 9.59 Å². The summed E-state index contributed by atoms with van der Waals surface area (Å²) in [5.41, 5.74) is -3.33. The number of hydrogen-bond acceptors (Lipinski definition) is 7. The molecule has 2 aromatic carbocycles. The highest BCUT2D eigenvalue weighted by atomic mass is 19.2. The molecular formula is C24H28F2N4O6. The summed E-state index contributed by atoms with van der Waals surface area (Å²) in [6.07, 6.45) is 0. The van der Waals surface area contributed by atoms with Gasteiger partial charge in [-0.1, -0.05) is 33.2 Å². The Kier molecular flexibility index (Phi) is 8.57. The van der Waals surface area contributed by atoms with Crippen LogP contribution >= 0.6 is 0 Å². The third kappa shape index (κ3) is 6.46. The molecule has 0 aliphatic heterocycles. The molecule has 1 atom stereocenters. The van der Waals surface area contributed by atoms with E-state index in [2.05, 4.69) is 10.6 Å². The minimum atomic E-state index is -1.90. The minimum Gasteiger partial charge on any atom is -0.479 e. The number of anilines is 2. The molecular weight excluding hydrogens is 478 g/mol. The van der Waals surface area contributed by atoms with E-state index in [0.29, 0.717) is 0 Å². The molecule has 2 amide bonds. The molecule has 2 rings (SSSR count). The number of carbonyl (C=O) groups excluding carboxylic acids is 3. The van der Waals surface area contributed by atoms with E-state index in [1.807, 2.05) is 0 Å². The van der Waals surface area contributed by atoms with Crippen molar-refractivity contribution in [2.24, 2.45) is 0 Å². The predicted molar refractivity (Wildman–Crippen MR) is 128 cm³/mol. The summed E-state index contributed by atoms with van der Waals surface area (Å²) in [6, 6.07) is 11.7. The number of nitrogens with zero attached hydrogens (tertiary/aromatic N) is 2. The Bertz CT molecular complexity index is 1150. The molecule has 0 spiro atoms. The first-order chi connectivity index (χ1) is 16.7. The molecule has 0 bridgehead atoms. The van der Waals surface area contributed by atoms with Gasteiger partial charge in [0.1, 0.15) is 12.1 Å². The third-order valence-electron chi connectivity index (χ3n) is 5.21. The number of halogens is 2. The third-order valence-corrected chi connectivity index (χ3v) is 5.21. The van der Waals surface area contributed by atoms with E-state index in [-0.39, 0.29) is 32.7 Å². The first kappa shape index (κ1) is 28.0. The van der Waals surface area contributed by atoms with Crippen LogP contribution in [-0.2, 0) is 14.3 Å². The fourth-order valence-electron chi connectivity index (χ4n) is 3.12. The lowest BCUT2D eigenvalue weighted by Gasteiger charge is -2.31. The van der Waals surface area contributed by atoms with Crippen LogP contribution in [0.1, 0.15) is 41.5 Å². The van der Waals surface area contributed by atoms with Gasteiger partial charge >= 0.3 is 11.9 Å². The number of para-hydroxylation sites is 2. The molecule has 3 N–H and O–H groups in total. The van der Waals surface area contributed by atoms with Crippen molar-refractivity contribution in [2.45, 2.75) is 31.8 Å². The summed E-state index contributed by atoms with van der Waals surface area (Å²) >= 11 is 0. The van der Waals surface area contributed by atoms with Crippen LogP contribution in [0.3, 0.4) is 0 Å². The van der Waals surface area contributed by atoms with Gasteiger partial charge in [0, 0.05) is 25.5 Å². The van der Waals surface area contributed by atoms with E-state index in [0.717, 1.165) is 14.1 Å². The number of aliphatic carboxylic acids is 1. The number of esters is 1. The monoisotopic (exact) mass is 506 g/mol. The summed E-state index contributed by atoms with van der Waals surface area (Å²) in [5.74, 6) is -4.21. The summed E-state index contributed by atoms with van der Waals surface area (Å²) < 4.78 is 32.2. The van der Waals surface area contributed by atoms with E-state index >= 15 is 0 Å². The van der Waals surface area contributed by atoms with Crippen molar-refractivity contribution >= 4 is 35.1 Å². The van der Waals surface area contributed by atoms with Gasteiger partial charge in [-0.2, -0.15) is 10.2 Å². The zero-order valence-electron chi connectivity index (χ0n) is 20.5. The number of carbonyl (C=O) groups is 4. The number of carboxylic acids is 1. The zero-order valence-corrected chi connectivity index (χ0v) is 20.5. The normalized spacial score (nSPS) is 12.6. The lowest BCUT2D eigenvalue weighted by molar-refractivity contribution is -0.153. The molecule has 0 saturated carbocycles. The number of carboxylic acid groups (broad SMARTS) is 1. The fraction of sp³-hybridized carbons (Fsp3) is 0.333. The molecule has 0 heterocycles. The SMILES string of the molecule is CN(F)C(=O)c1ccccc1NC(C)(C)C(=O)OCC(C)(Nc1ccccc1C(=O)N(C)F)C(=O)O. The molecule has 0 aliphatic rings. The van der Waals surface area contributed by atoms with Crippen molar-refractivity contribution in [3.05, 3.63) is 59.7 Å². The quantitative estimate of drug-likeness (QED) is 0.331. The van der Waals surface area contributed by atoms with Crippen LogP contribution in [0.5, 0.6) is 0 Å². The maximum absolute atomic E-state index is 13.5. The Morgan fingerprint density at radius 2 is 1.25 bits per heavy atom. The Morgan fingerprint density at radius 3 is 1.67 bits per heavy atom. The van der Waals surface area contributed by atoms with E-state index in [1.54, 1.807) is 6.07 Å². The molecule has 0 fully saturated rings. The highest BCUT2D eigenvalue weighted by Crippen LogP contribution is 2.25. The van der Waals surface area contributed by atoms with Crippen molar-refractivity contribution in [2.75, 3.05) is 31.3 Å². The summed E-state index contributed by atoms with van der Waals surface area (Å²) in [5, 5.41) is 15.1. The molecule has 10 nitrogen and oxygen atoms in total. The topological polar surface area (TPSA) is 128 Å². The van der Waals surface area contributed by atoms with Crippen LogP contribution in [0, 0.1) is 0 Å². The summed E-state index contributed by atoms with van der Waals surface area (Å²) in [7, 11) is 1.85. The molecule has 12 heteroatoms. The van der Waals surface area contributed by atoms with E-state index in [9.17, 15) is 33.2 Å². The van der Waals surface area contributed by atoms with Crippen LogP contribution in [0.25, 0.3) is 0 Å². The van der Waals surface area contributed by atoms with Crippen molar-refractivity contribution in [1.82, 2.24) is 10.2 Å².